The second-order valence-corrected chi connectivity index (χ2v) is 7.26. The van der Waals surface area contributed by atoms with E-state index in [0.29, 0.717) is 25.2 Å². The average molecular weight is 402 g/mol. The van der Waals surface area contributed by atoms with Gasteiger partial charge in [-0.2, -0.15) is 0 Å². The van der Waals surface area contributed by atoms with E-state index < -0.39 is 0 Å². The van der Waals surface area contributed by atoms with Crippen LogP contribution in [0.25, 0.3) is 0 Å². The largest absolute Gasteiger partial charge is 0.349 e. The number of halogens is 1. The number of nitrogens with zero attached hydrogens (tertiary/aromatic N) is 1. The van der Waals surface area contributed by atoms with Gasteiger partial charge in [0.1, 0.15) is 0 Å². The third-order valence-corrected chi connectivity index (χ3v) is 5.22. The lowest BCUT2D eigenvalue weighted by molar-refractivity contribution is -0.130. The molecular formula is C22H28ClN3O2. The molecule has 2 aromatic rings. The van der Waals surface area contributed by atoms with Crippen LogP contribution < -0.4 is 11.1 Å². The summed E-state index contributed by atoms with van der Waals surface area (Å²) in [6.07, 6.45) is 0.289. The van der Waals surface area contributed by atoms with Crippen molar-refractivity contribution in [2.24, 2.45) is 11.7 Å². The molecule has 1 saturated heterocycles. The maximum Gasteiger partial charge on any atom is 0.251 e. The first kappa shape index (κ1) is 21.9. The molecule has 0 saturated carbocycles. The number of hydrogen-bond donors (Lipinski definition) is 2. The van der Waals surface area contributed by atoms with E-state index in [0.717, 1.165) is 0 Å². The minimum atomic E-state index is -0.225. The number of nitrogens with two attached hydrogens (primary N) is 1. The Morgan fingerprint density at radius 2 is 1.68 bits per heavy atom. The highest BCUT2D eigenvalue weighted by atomic mass is 35.5. The highest BCUT2D eigenvalue weighted by molar-refractivity contribution is 5.94. The highest BCUT2D eigenvalue weighted by Gasteiger charge is 2.35. The molecule has 6 heteroatoms. The van der Waals surface area contributed by atoms with Gasteiger partial charge in [-0.1, -0.05) is 48.5 Å². The second kappa shape index (κ2) is 10.2. The van der Waals surface area contributed by atoms with Crippen molar-refractivity contribution in [3.05, 3.63) is 71.8 Å². The van der Waals surface area contributed by atoms with E-state index in [1.165, 1.54) is 5.56 Å². The zero-order valence-electron chi connectivity index (χ0n) is 16.1. The number of benzene rings is 2. The summed E-state index contributed by atoms with van der Waals surface area (Å²) in [7, 11) is 0. The van der Waals surface area contributed by atoms with Crippen molar-refractivity contribution in [1.29, 1.82) is 0 Å². The van der Waals surface area contributed by atoms with Crippen molar-refractivity contribution >= 4 is 24.2 Å². The number of carbonyl (C=O) groups excluding carboxylic acids is 2. The van der Waals surface area contributed by atoms with Crippen molar-refractivity contribution in [3.8, 4) is 0 Å². The van der Waals surface area contributed by atoms with Crippen LogP contribution >= 0.6 is 12.4 Å². The van der Waals surface area contributed by atoms with Crippen molar-refractivity contribution < 1.29 is 9.59 Å². The Balaban J connectivity index is 0.00000280. The first-order valence-corrected chi connectivity index (χ1v) is 9.47. The molecule has 3 atom stereocenters. The number of carbonyl (C=O) groups is 2. The Bertz CT molecular complexity index is 770. The normalized spacial score (nSPS) is 19.6. The number of nitrogens with one attached hydrogen (secondary N) is 1. The summed E-state index contributed by atoms with van der Waals surface area (Å²) in [5.41, 5.74) is 7.79. The second-order valence-electron chi connectivity index (χ2n) is 7.26. The fourth-order valence-electron chi connectivity index (χ4n) is 3.73. The summed E-state index contributed by atoms with van der Waals surface area (Å²) in [5.74, 6) is 0.451. The first-order valence-electron chi connectivity index (χ1n) is 9.47. The molecule has 0 radical (unpaired) electrons. The van der Waals surface area contributed by atoms with E-state index in [1.54, 1.807) is 12.1 Å². The van der Waals surface area contributed by atoms with E-state index in [-0.39, 0.29) is 48.5 Å². The monoisotopic (exact) mass is 401 g/mol. The quantitative estimate of drug-likeness (QED) is 0.781. The Labute approximate surface area is 172 Å². The summed E-state index contributed by atoms with van der Waals surface area (Å²) in [5, 5.41) is 2.91. The molecular weight excluding hydrogens is 374 g/mol. The molecule has 2 aromatic carbocycles. The standard InChI is InChI=1S/C22H27N3O2.ClH/c1-16(24-22(27)18-10-6-3-7-11-18)12-21(26)25-14-19(13-23)20(15-25)17-8-4-2-5-9-17;/h2-11,16,19-20H,12-15,23H2,1H3,(H,24,27);1H/t16?,19-,20+;/m1./s1. The summed E-state index contributed by atoms with van der Waals surface area (Å²) >= 11 is 0. The Morgan fingerprint density at radius 1 is 1.07 bits per heavy atom. The fraction of sp³-hybridized carbons (Fsp3) is 0.364. The van der Waals surface area contributed by atoms with Gasteiger partial charge in [0.15, 0.2) is 0 Å². The maximum atomic E-state index is 12.7. The molecule has 3 rings (SSSR count). The Kier molecular flexibility index (Phi) is 8.03. The van der Waals surface area contributed by atoms with Gasteiger partial charge in [-0.3, -0.25) is 9.59 Å². The molecule has 0 aromatic heterocycles. The minimum absolute atomic E-state index is 0. The zero-order valence-corrected chi connectivity index (χ0v) is 16.9. The van der Waals surface area contributed by atoms with Gasteiger partial charge < -0.3 is 16.0 Å². The summed E-state index contributed by atoms with van der Waals surface area (Å²) in [4.78, 5) is 26.9. The molecule has 1 unspecified atom stereocenters. The van der Waals surface area contributed by atoms with Gasteiger partial charge in [0.25, 0.3) is 5.91 Å². The average Bonchev–Trinajstić information content (AvgIpc) is 3.14. The van der Waals surface area contributed by atoms with Crippen LogP contribution in [0.2, 0.25) is 0 Å². The Hall–Kier alpha value is -2.37. The number of likely N-dealkylation sites (tertiary alicyclic amines) is 1. The number of hydrogen-bond acceptors (Lipinski definition) is 3. The molecule has 5 nitrogen and oxygen atoms in total. The molecule has 1 aliphatic rings. The topological polar surface area (TPSA) is 75.4 Å². The number of rotatable bonds is 6. The molecule has 0 bridgehead atoms. The predicted octanol–water partition coefficient (Wildman–Crippen LogP) is 2.82. The van der Waals surface area contributed by atoms with Crippen molar-refractivity contribution in [1.82, 2.24) is 10.2 Å². The van der Waals surface area contributed by atoms with E-state index >= 15 is 0 Å². The van der Waals surface area contributed by atoms with Crippen molar-refractivity contribution in [2.45, 2.75) is 25.3 Å². The van der Waals surface area contributed by atoms with Crippen molar-refractivity contribution in [3.63, 3.8) is 0 Å². The molecule has 150 valence electrons. The van der Waals surface area contributed by atoms with Crippen LogP contribution in [0.4, 0.5) is 0 Å². The van der Waals surface area contributed by atoms with Gasteiger partial charge in [-0.15, -0.1) is 12.4 Å². The van der Waals surface area contributed by atoms with Crippen LogP contribution in [0.15, 0.2) is 60.7 Å². The maximum absolute atomic E-state index is 12.7. The van der Waals surface area contributed by atoms with Crippen molar-refractivity contribution in [2.75, 3.05) is 19.6 Å². The molecule has 0 spiro atoms. The summed E-state index contributed by atoms with van der Waals surface area (Å²) < 4.78 is 0. The molecule has 1 heterocycles. The van der Waals surface area contributed by atoms with Crippen LogP contribution in [0, 0.1) is 5.92 Å². The van der Waals surface area contributed by atoms with Crippen LogP contribution in [0.1, 0.15) is 35.2 Å². The van der Waals surface area contributed by atoms with Gasteiger partial charge >= 0.3 is 0 Å². The lowest BCUT2D eigenvalue weighted by atomic mass is 9.89. The zero-order chi connectivity index (χ0) is 19.2. The highest BCUT2D eigenvalue weighted by Crippen LogP contribution is 2.32. The first-order chi connectivity index (χ1) is 13.1. The van der Waals surface area contributed by atoms with Crippen LogP contribution in [0.5, 0.6) is 0 Å². The third kappa shape index (κ3) is 5.33. The van der Waals surface area contributed by atoms with E-state index in [1.807, 2.05) is 48.2 Å². The van der Waals surface area contributed by atoms with Gasteiger partial charge in [-0.05, 0) is 37.1 Å². The minimum Gasteiger partial charge on any atom is -0.349 e. The van der Waals surface area contributed by atoms with Gasteiger partial charge in [0.05, 0.1) is 0 Å². The molecule has 28 heavy (non-hydrogen) atoms. The van der Waals surface area contributed by atoms with E-state index in [2.05, 4.69) is 17.4 Å². The SMILES string of the molecule is CC(CC(=O)N1C[C@@H](CN)[C@H](c2ccccc2)C1)NC(=O)c1ccccc1.Cl. The molecule has 2 amide bonds. The van der Waals surface area contributed by atoms with E-state index in [4.69, 9.17) is 5.73 Å². The molecule has 3 N–H and O–H groups in total. The van der Waals surface area contributed by atoms with Crippen LogP contribution in [-0.2, 0) is 4.79 Å². The molecule has 0 aliphatic carbocycles. The van der Waals surface area contributed by atoms with E-state index in [9.17, 15) is 9.59 Å². The molecule has 1 fully saturated rings. The lowest BCUT2D eigenvalue weighted by Crippen LogP contribution is -2.38. The van der Waals surface area contributed by atoms with Gasteiger partial charge in [-0.25, -0.2) is 0 Å². The van der Waals surface area contributed by atoms with Gasteiger partial charge in [0.2, 0.25) is 5.91 Å². The van der Waals surface area contributed by atoms with Gasteiger partial charge in [0, 0.05) is 37.0 Å². The summed E-state index contributed by atoms with van der Waals surface area (Å²) in [6, 6.07) is 19.1. The predicted molar refractivity (Wildman–Crippen MR) is 114 cm³/mol. The smallest absolute Gasteiger partial charge is 0.251 e. The van der Waals surface area contributed by atoms with Crippen LogP contribution in [-0.4, -0.2) is 42.4 Å². The molecule has 1 aliphatic heterocycles. The Morgan fingerprint density at radius 3 is 2.29 bits per heavy atom. The van der Waals surface area contributed by atoms with Crippen LogP contribution in [0.3, 0.4) is 0 Å². The number of amides is 2. The summed E-state index contributed by atoms with van der Waals surface area (Å²) in [6.45, 7) is 3.78. The third-order valence-electron chi connectivity index (χ3n) is 5.22. The lowest BCUT2D eigenvalue weighted by Gasteiger charge is -2.20. The fourth-order valence-corrected chi connectivity index (χ4v) is 3.73.